The summed E-state index contributed by atoms with van der Waals surface area (Å²) in [7, 11) is 0. The highest BCUT2D eigenvalue weighted by atomic mass is 16.5. The maximum atomic E-state index is 11.3. The van der Waals surface area contributed by atoms with Crippen LogP contribution in [-0.4, -0.2) is 50.8 Å². The molecule has 6 heteroatoms. The van der Waals surface area contributed by atoms with Gasteiger partial charge in [-0.05, 0) is 19.4 Å². The molecule has 1 heterocycles. The van der Waals surface area contributed by atoms with Crippen molar-refractivity contribution in [3.05, 3.63) is 35.6 Å². The van der Waals surface area contributed by atoms with Gasteiger partial charge in [-0.25, -0.2) is 4.79 Å². The second-order valence-corrected chi connectivity index (χ2v) is 6.77. The second kappa shape index (κ2) is 9.75. The lowest BCUT2D eigenvalue weighted by Gasteiger charge is -2.27. The molecule has 0 aliphatic carbocycles. The lowest BCUT2D eigenvalue weighted by Crippen LogP contribution is -2.34. The molecule has 0 saturated carbocycles. The average molecular weight is 354 g/mol. The minimum absolute atomic E-state index is 0.0660. The molecule has 6 atom stereocenters. The van der Waals surface area contributed by atoms with Crippen LogP contribution < -0.4 is 0 Å². The smallest absolute Gasteiger partial charge is 0.334 e. The molecule has 1 rings (SSSR count). The summed E-state index contributed by atoms with van der Waals surface area (Å²) >= 11 is 0. The topological polar surface area (TPSA) is 107 Å². The molecule has 1 aliphatic heterocycles. The van der Waals surface area contributed by atoms with Crippen molar-refractivity contribution in [1.82, 2.24) is 0 Å². The predicted octanol–water partition coefficient (Wildman–Crippen LogP) is 2.01. The Morgan fingerprint density at radius 2 is 1.96 bits per heavy atom. The molecule has 0 bridgehead atoms. The van der Waals surface area contributed by atoms with Gasteiger partial charge in [0, 0.05) is 24.7 Å². The van der Waals surface area contributed by atoms with E-state index in [9.17, 15) is 25.2 Å². The number of aliphatic hydroxyl groups is 4. The standard InChI is InChI=1S/C19H30O6/c1-5-11(2)19(24)12(3)6-7-16(21)13(4)17(22)10-15-8-14(20)9-18(23)25-15/h5-7,9,12-13,15-17,19-22,24H,8,10H2,1-4H3. The number of carbonyl (C=O) groups excluding carboxylic acids is 1. The second-order valence-electron chi connectivity index (χ2n) is 6.77. The molecule has 0 saturated heterocycles. The zero-order valence-electron chi connectivity index (χ0n) is 15.3. The van der Waals surface area contributed by atoms with Gasteiger partial charge in [0.25, 0.3) is 0 Å². The first-order valence-electron chi connectivity index (χ1n) is 8.61. The van der Waals surface area contributed by atoms with Crippen LogP contribution in [0.2, 0.25) is 0 Å². The highest BCUT2D eigenvalue weighted by molar-refractivity contribution is 5.83. The van der Waals surface area contributed by atoms with E-state index in [-0.39, 0.29) is 24.5 Å². The molecule has 142 valence electrons. The number of esters is 1. The van der Waals surface area contributed by atoms with E-state index in [0.717, 1.165) is 11.6 Å². The number of cyclic esters (lactones) is 1. The van der Waals surface area contributed by atoms with Crippen LogP contribution in [0.1, 0.15) is 40.5 Å². The Balaban J connectivity index is 2.57. The van der Waals surface area contributed by atoms with Crippen molar-refractivity contribution in [2.75, 3.05) is 0 Å². The fraction of sp³-hybridized carbons (Fsp3) is 0.632. The molecule has 6 unspecified atom stereocenters. The van der Waals surface area contributed by atoms with Gasteiger partial charge in [0.15, 0.2) is 0 Å². The van der Waals surface area contributed by atoms with Gasteiger partial charge in [-0.2, -0.15) is 0 Å². The number of rotatable bonds is 8. The lowest BCUT2D eigenvalue weighted by molar-refractivity contribution is -0.147. The zero-order chi connectivity index (χ0) is 19.1. The van der Waals surface area contributed by atoms with E-state index in [1.54, 1.807) is 19.1 Å². The third-order valence-corrected chi connectivity index (χ3v) is 4.69. The van der Waals surface area contributed by atoms with Crippen molar-refractivity contribution in [1.29, 1.82) is 0 Å². The Morgan fingerprint density at radius 1 is 1.32 bits per heavy atom. The Morgan fingerprint density at radius 3 is 2.52 bits per heavy atom. The van der Waals surface area contributed by atoms with E-state index in [1.165, 1.54) is 0 Å². The van der Waals surface area contributed by atoms with E-state index in [4.69, 9.17) is 4.74 Å². The summed E-state index contributed by atoms with van der Waals surface area (Å²) in [6, 6.07) is 0. The number of hydrogen-bond donors (Lipinski definition) is 4. The summed E-state index contributed by atoms with van der Waals surface area (Å²) in [4.78, 5) is 11.3. The largest absolute Gasteiger partial charge is 0.512 e. The Hall–Kier alpha value is -1.63. The van der Waals surface area contributed by atoms with Gasteiger partial charge >= 0.3 is 5.97 Å². The van der Waals surface area contributed by atoms with E-state index < -0.39 is 36.3 Å². The van der Waals surface area contributed by atoms with E-state index in [1.807, 2.05) is 26.8 Å². The minimum atomic E-state index is -0.904. The molecule has 1 aliphatic rings. The number of aliphatic hydroxyl groups excluding tert-OH is 4. The molecular weight excluding hydrogens is 324 g/mol. The van der Waals surface area contributed by atoms with Crippen LogP contribution >= 0.6 is 0 Å². The Bertz CT molecular complexity index is 536. The monoisotopic (exact) mass is 354 g/mol. The molecule has 0 aromatic carbocycles. The van der Waals surface area contributed by atoms with Crippen molar-refractivity contribution in [3.63, 3.8) is 0 Å². The van der Waals surface area contributed by atoms with Gasteiger partial charge in [-0.1, -0.05) is 32.1 Å². The zero-order valence-corrected chi connectivity index (χ0v) is 15.3. The van der Waals surface area contributed by atoms with Gasteiger partial charge < -0.3 is 25.2 Å². The van der Waals surface area contributed by atoms with Crippen LogP contribution in [0.25, 0.3) is 0 Å². The first-order valence-corrected chi connectivity index (χ1v) is 8.61. The molecule has 0 aromatic heterocycles. The van der Waals surface area contributed by atoms with Gasteiger partial charge in [0.05, 0.1) is 24.4 Å². The SMILES string of the molecule is CC=C(C)C(O)C(C)C=CC(O)C(C)C(O)CC1CC(O)=CC(=O)O1. The predicted molar refractivity (Wildman–Crippen MR) is 94.7 cm³/mol. The summed E-state index contributed by atoms with van der Waals surface area (Å²) in [6.07, 6.45) is 3.40. The van der Waals surface area contributed by atoms with Crippen LogP contribution in [0, 0.1) is 11.8 Å². The molecule has 0 fully saturated rings. The normalized spacial score (nSPS) is 25.1. The molecule has 0 spiro atoms. The van der Waals surface area contributed by atoms with Crippen LogP contribution in [-0.2, 0) is 9.53 Å². The lowest BCUT2D eigenvalue weighted by atomic mass is 9.90. The minimum Gasteiger partial charge on any atom is -0.512 e. The van der Waals surface area contributed by atoms with Crippen molar-refractivity contribution < 1.29 is 30.0 Å². The molecule has 4 N–H and O–H groups in total. The van der Waals surface area contributed by atoms with Crippen LogP contribution in [0.4, 0.5) is 0 Å². The van der Waals surface area contributed by atoms with Gasteiger partial charge in [-0.15, -0.1) is 0 Å². The van der Waals surface area contributed by atoms with Crippen molar-refractivity contribution in [2.45, 2.75) is 65.0 Å². The third-order valence-electron chi connectivity index (χ3n) is 4.69. The number of allylic oxidation sites excluding steroid dienone is 1. The van der Waals surface area contributed by atoms with Crippen LogP contribution in [0.3, 0.4) is 0 Å². The van der Waals surface area contributed by atoms with Gasteiger partial charge in [-0.3, -0.25) is 0 Å². The maximum Gasteiger partial charge on any atom is 0.334 e. The highest BCUT2D eigenvalue weighted by Crippen LogP contribution is 2.23. The molecular formula is C19H30O6. The van der Waals surface area contributed by atoms with Crippen molar-refractivity contribution in [2.24, 2.45) is 11.8 Å². The fourth-order valence-corrected chi connectivity index (χ4v) is 2.67. The van der Waals surface area contributed by atoms with E-state index >= 15 is 0 Å². The average Bonchev–Trinajstić information content (AvgIpc) is 2.56. The maximum absolute atomic E-state index is 11.3. The quantitative estimate of drug-likeness (QED) is 0.392. The van der Waals surface area contributed by atoms with Crippen molar-refractivity contribution in [3.8, 4) is 0 Å². The number of hydrogen-bond acceptors (Lipinski definition) is 6. The first kappa shape index (κ1) is 21.4. The summed E-state index contributed by atoms with van der Waals surface area (Å²) in [5.74, 6) is -1.35. The first-order chi connectivity index (χ1) is 11.6. The van der Waals surface area contributed by atoms with Crippen LogP contribution in [0.15, 0.2) is 35.6 Å². The molecule has 0 aromatic rings. The Kier molecular flexibility index (Phi) is 8.35. The summed E-state index contributed by atoms with van der Waals surface area (Å²) in [6.45, 7) is 7.23. The summed E-state index contributed by atoms with van der Waals surface area (Å²) < 4.78 is 5.05. The van der Waals surface area contributed by atoms with Crippen molar-refractivity contribution >= 4 is 5.97 Å². The summed E-state index contributed by atoms with van der Waals surface area (Å²) in [5.41, 5.74) is 0.853. The molecule has 25 heavy (non-hydrogen) atoms. The van der Waals surface area contributed by atoms with E-state index in [0.29, 0.717) is 0 Å². The highest BCUT2D eigenvalue weighted by Gasteiger charge is 2.28. The van der Waals surface area contributed by atoms with E-state index in [2.05, 4.69) is 0 Å². The van der Waals surface area contributed by atoms with Gasteiger partial charge in [0.2, 0.25) is 0 Å². The molecule has 0 amide bonds. The number of carbonyl (C=O) groups is 1. The number of ether oxygens (including phenoxy) is 1. The van der Waals surface area contributed by atoms with Crippen LogP contribution in [0.5, 0.6) is 0 Å². The fourth-order valence-electron chi connectivity index (χ4n) is 2.67. The molecule has 6 nitrogen and oxygen atoms in total. The third kappa shape index (κ3) is 6.65. The Labute approximate surface area is 149 Å². The summed E-state index contributed by atoms with van der Waals surface area (Å²) in [5, 5.41) is 40.1. The van der Waals surface area contributed by atoms with Gasteiger partial charge in [0.1, 0.15) is 11.9 Å². The molecule has 0 radical (unpaired) electrons.